The van der Waals surface area contributed by atoms with E-state index in [-0.39, 0.29) is 0 Å². The molecule has 0 aliphatic carbocycles. The van der Waals surface area contributed by atoms with Crippen molar-refractivity contribution in [2.75, 3.05) is 13.2 Å². The van der Waals surface area contributed by atoms with Gasteiger partial charge in [-0.25, -0.2) is 0 Å². The summed E-state index contributed by atoms with van der Waals surface area (Å²) in [4.78, 5) is 0. The van der Waals surface area contributed by atoms with Gasteiger partial charge in [0, 0.05) is 0 Å². The van der Waals surface area contributed by atoms with E-state index in [0.717, 1.165) is 0 Å². The summed E-state index contributed by atoms with van der Waals surface area (Å²) in [5.74, 6) is 0. The van der Waals surface area contributed by atoms with Crippen LogP contribution in [0, 0.1) is 0 Å². The van der Waals surface area contributed by atoms with Crippen LogP contribution in [0.1, 0.15) is 0 Å². The molecule has 0 spiro atoms. The Morgan fingerprint density at radius 1 is 0.957 bits per heavy atom. The van der Waals surface area contributed by atoms with Crippen LogP contribution in [0.3, 0.4) is 0 Å². The van der Waals surface area contributed by atoms with Crippen LogP contribution in [0.5, 0.6) is 0 Å². The number of aliphatic hydroxyl groups excluding tert-OH is 8. The molecule has 2 aliphatic heterocycles. The average Bonchev–Trinajstić information content (AvgIpc) is 2.53. The first-order valence-corrected chi connectivity index (χ1v) is 7.02. The molecule has 11 nitrogen and oxygen atoms in total. The van der Waals surface area contributed by atoms with Gasteiger partial charge in [0.05, 0.1) is 13.2 Å². The highest BCUT2D eigenvalue weighted by Gasteiger charge is 2.58. The molecule has 0 bridgehead atoms. The molecule has 0 aromatic heterocycles. The second kappa shape index (κ2) is 6.82. The van der Waals surface area contributed by atoms with Crippen LogP contribution in [-0.2, 0) is 9.47 Å². The van der Waals surface area contributed by atoms with E-state index in [1.54, 1.807) is 0 Å². The van der Waals surface area contributed by atoms with Crippen molar-refractivity contribution in [2.45, 2.75) is 60.7 Å². The topological polar surface area (TPSA) is 201 Å². The fourth-order valence-electron chi connectivity index (χ4n) is 2.78. The van der Waals surface area contributed by atoms with Gasteiger partial charge in [-0.1, -0.05) is 0 Å². The largest absolute Gasteiger partial charge is 0.394 e. The quantitative estimate of drug-likeness (QED) is 0.236. The Morgan fingerprint density at radius 2 is 1.57 bits per heavy atom. The fourth-order valence-corrected chi connectivity index (χ4v) is 2.78. The van der Waals surface area contributed by atoms with Gasteiger partial charge in [-0.15, -0.1) is 0 Å². The lowest BCUT2D eigenvalue weighted by Crippen LogP contribution is -2.72. The Bertz CT molecular complexity index is 408. The average molecular weight is 342 g/mol. The molecular weight excluding hydrogens is 320 g/mol. The number of hydrogen-bond donors (Lipinski definition) is 9. The van der Waals surface area contributed by atoms with Crippen molar-refractivity contribution in [3.63, 3.8) is 0 Å². The van der Waals surface area contributed by atoms with Gasteiger partial charge < -0.3 is 55.4 Å². The highest BCUT2D eigenvalue weighted by molar-refractivity contribution is 5.07. The smallest absolute Gasteiger partial charge is 0.184 e. The first kappa shape index (κ1) is 18.9. The highest BCUT2D eigenvalue weighted by atomic mass is 16.6. The van der Waals surface area contributed by atoms with E-state index < -0.39 is 73.9 Å². The van der Waals surface area contributed by atoms with Gasteiger partial charge in [0.2, 0.25) is 0 Å². The first-order valence-electron chi connectivity index (χ1n) is 7.02. The maximum atomic E-state index is 10.4. The van der Waals surface area contributed by atoms with Crippen molar-refractivity contribution in [3.8, 4) is 0 Å². The lowest BCUT2D eigenvalue weighted by molar-refractivity contribution is -0.331. The Balaban J connectivity index is 2.20. The van der Waals surface area contributed by atoms with Crippen LogP contribution in [-0.4, -0.2) is 120 Å². The molecule has 10 atom stereocenters. The third-order valence-electron chi connectivity index (χ3n) is 4.37. The summed E-state index contributed by atoms with van der Waals surface area (Å²) < 4.78 is 9.75. The van der Waals surface area contributed by atoms with E-state index in [9.17, 15) is 40.9 Å². The molecule has 0 radical (unpaired) electrons. The minimum absolute atomic E-state index is 0.642. The van der Waals surface area contributed by atoms with Gasteiger partial charge in [0.25, 0.3) is 0 Å². The first-order chi connectivity index (χ1) is 10.6. The molecule has 2 saturated heterocycles. The number of hydrogen-bond acceptors (Lipinski definition) is 11. The molecule has 0 saturated carbocycles. The summed E-state index contributed by atoms with van der Waals surface area (Å²) in [6.45, 7) is -1.37. The molecule has 2 heterocycles. The van der Waals surface area contributed by atoms with Gasteiger partial charge in [-0.2, -0.15) is 0 Å². The molecule has 2 fully saturated rings. The van der Waals surface area contributed by atoms with Gasteiger partial charge in [-0.3, -0.25) is 0 Å². The van der Waals surface area contributed by atoms with Crippen LogP contribution in [0.4, 0.5) is 0 Å². The summed E-state index contributed by atoms with van der Waals surface area (Å²) in [6.07, 6.45) is -16.3. The zero-order valence-corrected chi connectivity index (χ0v) is 12.0. The highest BCUT2D eigenvalue weighted by Crippen LogP contribution is 2.33. The number of ether oxygens (including phenoxy) is 2. The molecule has 1 unspecified atom stereocenters. The fraction of sp³-hybridized carbons (Fsp3) is 1.00. The molecule has 0 amide bonds. The monoisotopic (exact) mass is 342 g/mol. The van der Waals surface area contributed by atoms with E-state index in [4.69, 9.17) is 14.6 Å². The van der Waals surface area contributed by atoms with Crippen molar-refractivity contribution in [3.05, 3.63) is 0 Å². The Hall–Kier alpha value is -0.440. The van der Waals surface area contributed by atoms with Gasteiger partial charge in [-0.05, 0) is 0 Å². The van der Waals surface area contributed by atoms with Crippen molar-refractivity contribution in [1.82, 2.24) is 0 Å². The van der Waals surface area contributed by atoms with Crippen LogP contribution in [0.2, 0.25) is 0 Å². The summed E-state index contributed by atoms with van der Waals surface area (Å²) >= 11 is 0. The van der Waals surface area contributed by atoms with Gasteiger partial charge >= 0.3 is 0 Å². The van der Waals surface area contributed by atoms with Crippen LogP contribution >= 0.6 is 0 Å². The Labute approximate surface area is 130 Å². The van der Waals surface area contributed by atoms with E-state index in [0.29, 0.717) is 0 Å². The Morgan fingerprint density at radius 3 is 2.13 bits per heavy atom. The molecule has 23 heavy (non-hydrogen) atoms. The normalized spacial score (nSPS) is 53.1. The molecular formula is C12H22O11. The third-order valence-corrected chi connectivity index (χ3v) is 4.37. The molecule has 0 aromatic carbocycles. The lowest BCUT2D eigenvalue weighted by atomic mass is 9.79. The van der Waals surface area contributed by atoms with Crippen LogP contribution in [0.25, 0.3) is 0 Å². The van der Waals surface area contributed by atoms with E-state index in [1.807, 2.05) is 0 Å². The van der Waals surface area contributed by atoms with Crippen molar-refractivity contribution < 1.29 is 55.4 Å². The lowest BCUT2D eigenvalue weighted by Gasteiger charge is -2.49. The summed E-state index contributed by atoms with van der Waals surface area (Å²) in [7, 11) is 0. The number of aliphatic hydroxyl groups is 9. The predicted octanol–water partition coefficient (Wildman–Crippen LogP) is -6.01. The SMILES string of the molecule is OC[C@H]1OC[C@](O)(C(O)[C@H]2O[C@H](O)[C@H](O)[C@@H](O)[C@@H]2O)[C@@H](O)[C@H]1O. The van der Waals surface area contributed by atoms with E-state index in [1.165, 1.54) is 0 Å². The Kier molecular flexibility index (Phi) is 5.60. The summed E-state index contributed by atoms with van der Waals surface area (Å²) in [6, 6.07) is 0. The van der Waals surface area contributed by atoms with Crippen molar-refractivity contribution >= 4 is 0 Å². The molecule has 136 valence electrons. The van der Waals surface area contributed by atoms with E-state index in [2.05, 4.69) is 0 Å². The predicted molar refractivity (Wildman–Crippen MR) is 68.7 cm³/mol. The van der Waals surface area contributed by atoms with Crippen LogP contribution < -0.4 is 0 Å². The number of rotatable bonds is 3. The zero-order chi connectivity index (χ0) is 17.5. The standard InChI is InChI=1S/C12H22O11/c13-1-3-4(14)9(18)12(21,2-22-3)10(19)8-6(16)5(15)7(17)11(20)23-8/h3-11,13-21H,1-2H2/t3-,4+,5+,6+,7-,8+,9+,10?,11+,12-/m1/s1. The van der Waals surface area contributed by atoms with Gasteiger partial charge in [0.1, 0.15) is 54.4 Å². The zero-order valence-electron chi connectivity index (χ0n) is 12.0. The maximum Gasteiger partial charge on any atom is 0.184 e. The third kappa shape index (κ3) is 3.10. The molecule has 2 aliphatic rings. The van der Waals surface area contributed by atoms with Crippen molar-refractivity contribution in [2.24, 2.45) is 0 Å². The minimum Gasteiger partial charge on any atom is -0.394 e. The second-order valence-electron chi connectivity index (χ2n) is 5.87. The minimum atomic E-state index is -2.52. The molecule has 2 rings (SSSR count). The molecule has 11 heteroatoms. The summed E-state index contributed by atoms with van der Waals surface area (Å²) in [5, 5.41) is 87.7. The van der Waals surface area contributed by atoms with Crippen LogP contribution in [0.15, 0.2) is 0 Å². The van der Waals surface area contributed by atoms with E-state index >= 15 is 0 Å². The van der Waals surface area contributed by atoms with Gasteiger partial charge in [0.15, 0.2) is 6.29 Å². The second-order valence-corrected chi connectivity index (χ2v) is 5.87. The molecule has 0 aromatic rings. The summed E-state index contributed by atoms with van der Waals surface area (Å²) in [5.41, 5.74) is -2.52. The maximum absolute atomic E-state index is 10.4. The van der Waals surface area contributed by atoms with Crippen molar-refractivity contribution in [1.29, 1.82) is 0 Å². The molecule has 9 N–H and O–H groups in total.